The van der Waals surface area contributed by atoms with Crippen LogP contribution in [0.1, 0.15) is 22.8 Å². The quantitative estimate of drug-likeness (QED) is 0.625. The zero-order chi connectivity index (χ0) is 17.7. The lowest BCUT2D eigenvalue weighted by atomic mass is 10.1. The third kappa shape index (κ3) is 4.60. The molecular weight excluding hydrogens is 349 g/mol. The molecule has 0 heterocycles. The molecule has 0 aliphatic heterocycles. The second-order valence-electron chi connectivity index (χ2n) is 5.01. The molecule has 0 aromatic heterocycles. The molecule has 0 atom stereocenters. The van der Waals surface area contributed by atoms with Gasteiger partial charge in [0.1, 0.15) is 0 Å². The Bertz CT molecular complexity index is 798. The first-order valence-corrected chi connectivity index (χ1v) is 7.79. The Morgan fingerprint density at radius 1 is 1.04 bits per heavy atom. The average molecular weight is 364 g/mol. The fourth-order valence-corrected chi connectivity index (χ4v) is 2.30. The van der Waals surface area contributed by atoms with Gasteiger partial charge in [-0.1, -0.05) is 35.3 Å². The molecule has 2 aromatic rings. The van der Waals surface area contributed by atoms with Gasteiger partial charge in [-0.25, -0.2) is 4.79 Å². The van der Waals surface area contributed by atoms with Crippen LogP contribution >= 0.6 is 23.2 Å². The first-order valence-electron chi connectivity index (χ1n) is 7.04. The number of nitrogens with one attached hydrogen (secondary N) is 1. The molecule has 2 rings (SSSR count). The van der Waals surface area contributed by atoms with Crippen LogP contribution in [0.15, 0.2) is 48.0 Å². The lowest BCUT2D eigenvalue weighted by Gasteiger charge is -2.10. The van der Waals surface area contributed by atoms with Crippen LogP contribution in [0.25, 0.3) is 6.08 Å². The van der Waals surface area contributed by atoms with Crippen LogP contribution in [0.4, 0.5) is 5.69 Å². The molecule has 2 aromatic carbocycles. The van der Waals surface area contributed by atoms with Crippen LogP contribution in [0.3, 0.4) is 0 Å². The van der Waals surface area contributed by atoms with E-state index in [0.29, 0.717) is 21.3 Å². The molecule has 0 saturated carbocycles. The number of carbonyl (C=O) groups excluding carboxylic acids is 2. The average Bonchev–Trinajstić information content (AvgIpc) is 2.56. The highest BCUT2D eigenvalue weighted by Gasteiger charge is 2.15. The van der Waals surface area contributed by atoms with E-state index in [2.05, 4.69) is 5.32 Å². The summed E-state index contributed by atoms with van der Waals surface area (Å²) in [4.78, 5) is 24.1. The first kappa shape index (κ1) is 18.0. The minimum absolute atomic E-state index is 0.231. The van der Waals surface area contributed by atoms with Crippen LogP contribution in [0.5, 0.6) is 0 Å². The van der Waals surface area contributed by atoms with Gasteiger partial charge in [0.2, 0.25) is 0 Å². The highest BCUT2D eigenvalue weighted by atomic mass is 35.5. The summed E-state index contributed by atoms with van der Waals surface area (Å²) in [6.07, 6.45) is 1.72. The predicted molar refractivity (Wildman–Crippen MR) is 96.5 cm³/mol. The Morgan fingerprint density at radius 3 is 2.29 bits per heavy atom. The molecule has 1 N–H and O–H groups in total. The molecule has 0 spiro atoms. The molecular formula is C18H15Cl2NO3. The number of rotatable bonds is 4. The smallest absolute Gasteiger partial charge is 0.339 e. The van der Waals surface area contributed by atoms with Gasteiger partial charge in [0.15, 0.2) is 0 Å². The molecule has 6 heteroatoms. The molecule has 0 fully saturated rings. The highest BCUT2D eigenvalue weighted by molar-refractivity contribution is 6.31. The number of benzene rings is 2. The summed E-state index contributed by atoms with van der Waals surface area (Å²) < 4.78 is 4.71. The van der Waals surface area contributed by atoms with Gasteiger partial charge in [-0.3, -0.25) is 4.79 Å². The molecule has 0 radical (unpaired) electrons. The van der Waals surface area contributed by atoms with Crippen molar-refractivity contribution in [3.8, 4) is 0 Å². The van der Waals surface area contributed by atoms with E-state index in [1.54, 1.807) is 43.3 Å². The zero-order valence-electron chi connectivity index (χ0n) is 13.1. The highest BCUT2D eigenvalue weighted by Crippen LogP contribution is 2.23. The summed E-state index contributed by atoms with van der Waals surface area (Å²) in [6, 6.07) is 11.6. The van der Waals surface area contributed by atoms with E-state index in [4.69, 9.17) is 27.9 Å². The summed E-state index contributed by atoms with van der Waals surface area (Å²) in [5.74, 6) is -0.904. The minimum Gasteiger partial charge on any atom is -0.465 e. The molecule has 4 nitrogen and oxygen atoms in total. The van der Waals surface area contributed by atoms with Crippen molar-refractivity contribution in [3.05, 3.63) is 69.2 Å². The van der Waals surface area contributed by atoms with Crippen LogP contribution in [-0.4, -0.2) is 19.0 Å². The van der Waals surface area contributed by atoms with E-state index in [1.807, 2.05) is 0 Å². The van der Waals surface area contributed by atoms with Crippen molar-refractivity contribution in [1.29, 1.82) is 0 Å². The van der Waals surface area contributed by atoms with Gasteiger partial charge < -0.3 is 10.1 Å². The number of esters is 1. The van der Waals surface area contributed by atoms with Crippen molar-refractivity contribution in [1.82, 2.24) is 0 Å². The van der Waals surface area contributed by atoms with Crippen molar-refractivity contribution in [3.63, 3.8) is 0 Å². The number of methoxy groups -OCH3 is 1. The molecule has 24 heavy (non-hydrogen) atoms. The lowest BCUT2D eigenvalue weighted by Crippen LogP contribution is -2.16. The normalized spacial score (nSPS) is 11.1. The molecule has 0 aliphatic carbocycles. The third-order valence-corrected chi connectivity index (χ3v) is 3.73. The van der Waals surface area contributed by atoms with E-state index in [1.165, 1.54) is 19.2 Å². The molecule has 0 unspecified atom stereocenters. The van der Waals surface area contributed by atoms with Gasteiger partial charge in [-0.2, -0.15) is 0 Å². The zero-order valence-corrected chi connectivity index (χ0v) is 14.6. The maximum atomic E-state index is 12.4. The van der Waals surface area contributed by atoms with Crippen LogP contribution in [0, 0.1) is 0 Å². The summed E-state index contributed by atoms with van der Waals surface area (Å²) in [7, 11) is 1.27. The lowest BCUT2D eigenvalue weighted by molar-refractivity contribution is -0.112. The number of hydrogen-bond acceptors (Lipinski definition) is 3. The van der Waals surface area contributed by atoms with Gasteiger partial charge in [0, 0.05) is 15.6 Å². The second kappa shape index (κ2) is 7.99. The van der Waals surface area contributed by atoms with E-state index in [9.17, 15) is 9.59 Å². The van der Waals surface area contributed by atoms with Crippen molar-refractivity contribution in [2.45, 2.75) is 6.92 Å². The van der Waals surface area contributed by atoms with E-state index in [-0.39, 0.29) is 11.5 Å². The molecule has 1 amide bonds. The van der Waals surface area contributed by atoms with Gasteiger partial charge in [0.25, 0.3) is 5.91 Å². The summed E-state index contributed by atoms with van der Waals surface area (Å²) in [5.41, 5.74) is 1.83. The number of carbonyl (C=O) groups is 2. The largest absolute Gasteiger partial charge is 0.465 e. The monoisotopic (exact) mass is 363 g/mol. The van der Waals surface area contributed by atoms with E-state index in [0.717, 1.165) is 5.56 Å². The molecule has 0 bridgehead atoms. The predicted octanol–water partition coefficient (Wildman–Crippen LogP) is 4.82. The maximum absolute atomic E-state index is 12.4. The van der Waals surface area contributed by atoms with Crippen LogP contribution < -0.4 is 5.32 Å². The summed E-state index contributed by atoms with van der Waals surface area (Å²) >= 11 is 11.8. The maximum Gasteiger partial charge on any atom is 0.339 e. The molecule has 0 aliphatic rings. The number of ether oxygens (including phenoxy) is 1. The van der Waals surface area contributed by atoms with Gasteiger partial charge in [0.05, 0.1) is 18.4 Å². The van der Waals surface area contributed by atoms with Crippen LogP contribution in [0.2, 0.25) is 10.0 Å². The Morgan fingerprint density at radius 2 is 1.67 bits per heavy atom. The van der Waals surface area contributed by atoms with E-state index >= 15 is 0 Å². The van der Waals surface area contributed by atoms with Gasteiger partial charge in [-0.05, 0) is 48.9 Å². The second-order valence-corrected chi connectivity index (χ2v) is 5.89. The topological polar surface area (TPSA) is 55.4 Å². The number of hydrogen-bond donors (Lipinski definition) is 1. The fraction of sp³-hybridized carbons (Fsp3) is 0.111. The minimum atomic E-state index is -0.554. The SMILES string of the molecule is COC(=O)c1ccc(Cl)cc1NC(=O)/C(C)=C/c1ccc(Cl)cc1. The van der Waals surface area contributed by atoms with Gasteiger partial charge in [-0.15, -0.1) is 0 Å². The third-order valence-electron chi connectivity index (χ3n) is 3.25. The first-order chi connectivity index (χ1) is 11.4. The van der Waals surface area contributed by atoms with Crippen LogP contribution in [-0.2, 0) is 9.53 Å². The Balaban J connectivity index is 2.24. The standard InChI is InChI=1S/C18H15Cl2NO3/c1-11(9-12-3-5-13(19)6-4-12)17(22)21-16-10-14(20)7-8-15(16)18(23)24-2/h3-10H,1-2H3,(H,21,22)/b11-9+. The van der Waals surface area contributed by atoms with Crippen molar-refractivity contribution in [2.75, 3.05) is 12.4 Å². The van der Waals surface area contributed by atoms with Crippen molar-refractivity contribution in [2.24, 2.45) is 0 Å². The number of anilines is 1. The van der Waals surface area contributed by atoms with Crippen molar-refractivity contribution >= 4 is 46.8 Å². The Kier molecular flexibility index (Phi) is 6.01. The molecule has 0 saturated heterocycles. The van der Waals surface area contributed by atoms with Crippen molar-refractivity contribution < 1.29 is 14.3 Å². The molecule has 124 valence electrons. The number of halogens is 2. The van der Waals surface area contributed by atoms with Gasteiger partial charge >= 0.3 is 5.97 Å². The Hall–Kier alpha value is -2.30. The fourth-order valence-electron chi connectivity index (χ4n) is 2.00. The number of amides is 1. The summed E-state index contributed by atoms with van der Waals surface area (Å²) in [6.45, 7) is 1.67. The Labute approximate surface area is 150 Å². The summed E-state index contributed by atoms with van der Waals surface area (Å²) in [5, 5.41) is 3.70. The van der Waals surface area contributed by atoms with E-state index < -0.39 is 5.97 Å².